The van der Waals surface area contributed by atoms with Crippen LogP contribution in [0.5, 0.6) is 17.2 Å². The predicted molar refractivity (Wildman–Crippen MR) is 112 cm³/mol. The third-order valence-electron chi connectivity index (χ3n) is 4.60. The average molecular weight is 375 g/mol. The molecule has 0 aromatic heterocycles. The van der Waals surface area contributed by atoms with E-state index in [0.717, 1.165) is 16.9 Å². The van der Waals surface area contributed by atoms with Gasteiger partial charge in [-0.15, -0.1) is 0 Å². The molecule has 3 aromatic carbocycles. The highest BCUT2D eigenvalue weighted by Crippen LogP contribution is 2.30. The maximum absolute atomic E-state index is 12.9. The number of rotatable bonds is 7. The number of benzene rings is 3. The van der Waals surface area contributed by atoms with Gasteiger partial charge in [0.1, 0.15) is 11.5 Å². The largest absolute Gasteiger partial charge is 0.480 e. The molecule has 0 aliphatic carbocycles. The first-order valence-corrected chi connectivity index (χ1v) is 9.44. The minimum atomic E-state index is -0.592. The van der Waals surface area contributed by atoms with Crippen molar-refractivity contribution < 1.29 is 14.3 Å². The molecule has 0 heterocycles. The zero-order chi connectivity index (χ0) is 19.9. The molecule has 0 bridgehead atoms. The Bertz CT molecular complexity index is 938. The van der Waals surface area contributed by atoms with Gasteiger partial charge >= 0.3 is 0 Å². The minimum absolute atomic E-state index is 0.201. The number of anilines is 1. The summed E-state index contributed by atoms with van der Waals surface area (Å²) in [6, 6.07) is 22.7. The van der Waals surface area contributed by atoms with Crippen LogP contribution in [0.2, 0.25) is 0 Å². The summed E-state index contributed by atoms with van der Waals surface area (Å²) in [4.78, 5) is 12.9. The molecular weight excluding hydrogens is 350 g/mol. The molecule has 4 heteroatoms. The van der Waals surface area contributed by atoms with E-state index < -0.39 is 6.10 Å². The molecule has 0 saturated heterocycles. The minimum Gasteiger partial charge on any atom is -0.480 e. The lowest BCUT2D eigenvalue weighted by atomic mass is 10.1. The van der Waals surface area contributed by atoms with E-state index in [-0.39, 0.29) is 5.91 Å². The van der Waals surface area contributed by atoms with Gasteiger partial charge in [0.05, 0.1) is 5.69 Å². The van der Waals surface area contributed by atoms with Crippen LogP contribution in [-0.2, 0) is 4.79 Å². The molecular formula is C24H25NO3. The number of aryl methyl sites for hydroxylation is 1. The Morgan fingerprint density at radius 1 is 0.893 bits per heavy atom. The number of hydrogen-bond donors (Lipinski definition) is 1. The van der Waals surface area contributed by atoms with E-state index in [1.807, 2.05) is 93.6 Å². The van der Waals surface area contributed by atoms with E-state index >= 15 is 0 Å². The predicted octanol–water partition coefficient (Wildman–Crippen LogP) is 5.89. The van der Waals surface area contributed by atoms with Crippen molar-refractivity contribution in [1.29, 1.82) is 0 Å². The Balaban J connectivity index is 1.75. The van der Waals surface area contributed by atoms with Crippen molar-refractivity contribution in [3.8, 4) is 17.2 Å². The average Bonchev–Trinajstić information content (AvgIpc) is 2.71. The fourth-order valence-corrected chi connectivity index (χ4v) is 2.81. The van der Waals surface area contributed by atoms with E-state index in [1.54, 1.807) is 0 Å². The highest BCUT2D eigenvalue weighted by Gasteiger charge is 2.21. The first kappa shape index (κ1) is 19.5. The first-order valence-electron chi connectivity index (χ1n) is 9.44. The van der Waals surface area contributed by atoms with Crippen LogP contribution in [0, 0.1) is 13.8 Å². The number of carbonyl (C=O) groups excluding carboxylic acids is 1. The van der Waals surface area contributed by atoms with Gasteiger partial charge in [0, 0.05) is 0 Å². The summed E-state index contributed by atoms with van der Waals surface area (Å²) in [6.07, 6.45) is -0.0359. The van der Waals surface area contributed by atoms with Crippen molar-refractivity contribution in [2.75, 3.05) is 5.32 Å². The standard InChI is InChI=1S/C24H25NO3/c1-4-21(28-22-16-10-11-17(2)18(22)3)24(26)25-20-14-8-9-15-23(20)27-19-12-6-5-7-13-19/h5-16,21H,4H2,1-3H3,(H,25,26)/t21-/m1/s1. The van der Waals surface area contributed by atoms with E-state index in [9.17, 15) is 4.79 Å². The fourth-order valence-electron chi connectivity index (χ4n) is 2.81. The highest BCUT2D eigenvalue weighted by atomic mass is 16.5. The molecule has 1 N–H and O–H groups in total. The zero-order valence-corrected chi connectivity index (χ0v) is 16.4. The maximum atomic E-state index is 12.9. The second-order valence-corrected chi connectivity index (χ2v) is 6.61. The maximum Gasteiger partial charge on any atom is 0.265 e. The van der Waals surface area contributed by atoms with Gasteiger partial charge < -0.3 is 14.8 Å². The zero-order valence-electron chi connectivity index (χ0n) is 16.4. The fraction of sp³-hybridized carbons (Fsp3) is 0.208. The molecule has 0 radical (unpaired) electrons. The smallest absolute Gasteiger partial charge is 0.265 e. The van der Waals surface area contributed by atoms with E-state index in [2.05, 4.69) is 5.32 Å². The van der Waals surface area contributed by atoms with Crippen molar-refractivity contribution in [3.05, 3.63) is 83.9 Å². The number of carbonyl (C=O) groups is 1. The lowest BCUT2D eigenvalue weighted by molar-refractivity contribution is -0.122. The molecule has 144 valence electrons. The molecule has 0 fully saturated rings. The van der Waals surface area contributed by atoms with E-state index in [4.69, 9.17) is 9.47 Å². The van der Waals surface area contributed by atoms with Crippen molar-refractivity contribution in [3.63, 3.8) is 0 Å². The summed E-state index contributed by atoms with van der Waals surface area (Å²) in [6.45, 7) is 5.96. The van der Waals surface area contributed by atoms with Crippen LogP contribution in [-0.4, -0.2) is 12.0 Å². The monoisotopic (exact) mass is 375 g/mol. The molecule has 1 amide bonds. The summed E-state index contributed by atoms with van der Waals surface area (Å²) in [7, 11) is 0. The lowest BCUT2D eigenvalue weighted by Crippen LogP contribution is -2.32. The second-order valence-electron chi connectivity index (χ2n) is 6.61. The van der Waals surface area contributed by atoms with Crippen LogP contribution in [0.1, 0.15) is 24.5 Å². The van der Waals surface area contributed by atoms with Crippen molar-refractivity contribution in [1.82, 2.24) is 0 Å². The van der Waals surface area contributed by atoms with Crippen LogP contribution >= 0.6 is 0 Å². The van der Waals surface area contributed by atoms with Crippen LogP contribution in [0.25, 0.3) is 0 Å². The molecule has 0 spiro atoms. The molecule has 0 aliphatic heterocycles. The number of amides is 1. The lowest BCUT2D eigenvalue weighted by Gasteiger charge is -2.20. The van der Waals surface area contributed by atoms with E-state index in [0.29, 0.717) is 23.6 Å². The first-order chi connectivity index (χ1) is 13.6. The second kappa shape index (κ2) is 9.09. The third-order valence-corrected chi connectivity index (χ3v) is 4.60. The van der Waals surface area contributed by atoms with Gasteiger partial charge in [0.15, 0.2) is 11.9 Å². The van der Waals surface area contributed by atoms with Gasteiger partial charge in [-0.1, -0.05) is 49.4 Å². The van der Waals surface area contributed by atoms with Crippen LogP contribution < -0.4 is 14.8 Å². The summed E-state index contributed by atoms with van der Waals surface area (Å²) >= 11 is 0. The Morgan fingerprint density at radius 2 is 1.57 bits per heavy atom. The Kier molecular flexibility index (Phi) is 6.33. The summed E-state index contributed by atoms with van der Waals surface area (Å²) in [5.74, 6) is 1.83. The molecule has 3 rings (SSSR count). The molecule has 1 atom stereocenters. The van der Waals surface area contributed by atoms with Crippen LogP contribution in [0.15, 0.2) is 72.8 Å². The number of nitrogens with one attached hydrogen (secondary N) is 1. The van der Waals surface area contributed by atoms with Gasteiger partial charge in [-0.2, -0.15) is 0 Å². The van der Waals surface area contributed by atoms with E-state index in [1.165, 1.54) is 0 Å². The molecule has 0 aliphatic rings. The topological polar surface area (TPSA) is 47.6 Å². The van der Waals surface area contributed by atoms with Crippen LogP contribution in [0.4, 0.5) is 5.69 Å². The Labute approximate surface area is 166 Å². The quantitative estimate of drug-likeness (QED) is 0.560. The molecule has 0 saturated carbocycles. The molecule has 3 aromatic rings. The van der Waals surface area contributed by atoms with Gasteiger partial charge in [0.25, 0.3) is 5.91 Å². The number of ether oxygens (including phenoxy) is 2. The normalized spacial score (nSPS) is 11.5. The Hall–Kier alpha value is -3.27. The summed E-state index contributed by atoms with van der Waals surface area (Å²) < 4.78 is 11.9. The number of para-hydroxylation sites is 3. The van der Waals surface area contributed by atoms with Crippen molar-refractivity contribution in [2.45, 2.75) is 33.3 Å². The highest BCUT2D eigenvalue weighted by molar-refractivity contribution is 5.95. The Morgan fingerprint density at radius 3 is 2.32 bits per heavy atom. The van der Waals surface area contributed by atoms with Crippen molar-refractivity contribution in [2.24, 2.45) is 0 Å². The molecule has 0 unspecified atom stereocenters. The van der Waals surface area contributed by atoms with Gasteiger partial charge in [-0.25, -0.2) is 0 Å². The van der Waals surface area contributed by atoms with Gasteiger partial charge in [-0.3, -0.25) is 4.79 Å². The summed E-state index contributed by atoms with van der Waals surface area (Å²) in [5, 5.41) is 2.95. The van der Waals surface area contributed by atoms with Crippen molar-refractivity contribution >= 4 is 11.6 Å². The van der Waals surface area contributed by atoms with Gasteiger partial charge in [0.2, 0.25) is 0 Å². The summed E-state index contributed by atoms with van der Waals surface area (Å²) in [5.41, 5.74) is 2.79. The third kappa shape index (κ3) is 4.71. The number of hydrogen-bond acceptors (Lipinski definition) is 3. The SMILES string of the molecule is CC[C@@H](Oc1cccc(C)c1C)C(=O)Nc1ccccc1Oc1ccccc1. The molecule has 28 heavy (non-hydrogen) atoms. The molecule has 4 nitrogen and oxygen atoms in total. The van der Waals surface area contributed by atoms with Gasteiger partial charge in [-0.05, 0) is 61.7 Å². The van der Waals surface area contributed by atoms with Crippen LogP contribution in [0.3, 0.4) is 0 Å².